The summed E-state index contributed by atoms with van der Waals surface area (Å²) >= 11 is 0. The number of rotatable bonds is 6. The van der Waals surface area contributed by atoms with Crippen LogP contribution >= 0.6 is 0 Å². The van der Waals surface area contributed by atoms with Crippen LogP contribution in [0.15, 0.2) is 71.8 Å². The second-order valence-corrected chi connectivity index (χ2v) is 7.15. The van der Waals surface area contributed by atoms with Crippen LogP contribution in [0.4, 0.5) is 0 Å². The van der Waals surface area contributed by atoms with Gasteiger partial charge in [-0.2, -0.15) is 0 Å². The molecule has 1 saturated carbocycles. The standard InChI is InChI=1S/C26H26O5/c1-30-24-16-18(12-14-22(24)27)6-3-8-20-10-5-11-21(26(20)29)9-4-7-19-13-15-23(28)25(17-19)31-2/h3-4,6-9,12-17,27-28H,5,10-11H2,1-2H3/b6-3+,7-4+,20-8-,21-9-. The molecule has 1 aliphatic rings. The molecule has 0 amide bonds. The van der Waals surface area contributed by atoms with E-state index in [2.05, 4.69) is 0 Å². The molecule has 5 nitrogen and oxygen atoms in total. The van der Waals surface area contributed by atoms with E-state index >= 15 is 0 Å². The van der Waals surface area contributed by atoms with E-state index in [1.807, 2.05) is 36.5 Å². The molecule has 0 bridgehead atoms. The molecule has 0 unspecified atom stereocenters. The molecular formula is C26H26O5. The Hall–Kier alpha value is -3.73. The molecule has 0 radical (unpaired) electrons. The number of hydrogen-bond acceptors (Lipinski definition) is 5. The molecule has 2 aromatic carbocycles. The summed E-state index contributed by atoms with van der Waals surface area (Å²) in [6.45, 7) is 0. The van der Waals surface area contributed by atoms with Crippen molar-refractivity contribution in [3.8, 4) is 23.0 Å². The van der Waals surface area contributed by atoms with Gasteiger partial charge >= 0.3 is 0 Å². The highest BCUT2D eigenvalue weighted by molar-refractivity contribution is 6.09. The molecule has 0 atom stereocenters. The number of allylic oxidation sites excluding steroid dienone is 6. The van der Waals surface area contributed by atoms with E-state index in [0.29, 0.717) is 11.5 Å². The van der Waals surface area contributed by atoms with Gasteiger partial charge in [-0.25, -0.2) is 0 Å². The normalized spacial score (nSPS) is 17.2. The minimum absolute atomic E-state index is 0.0622. The zero-order valence-corrected chi connectivity index (χ0v) is 17.7. The predicted molar refractivity (Wildman–Crippen MR) is 122 cm³/mol. The van der Waals surface area contributed by atoms with Gasteiger partial charge in [0.05, 0.1) is 14.2 Å². The topological polar surface area (TPSA) is 76.0 Å². The first-order chi connectivity index (χ1) is 15.0. The van der Waals surface area contributed by atoms with Gasteiger partial charge in [0, 0.05) is 0 Å². The first kappa shape index (κ1) is 22.0. The summed E-state index contributed by atoms with van der Waals surface area (Å²) in [6, 6.07) is 10.2. The second kappa shape index (κ2) is 10.3. The maximum Gasteiger partial charge on any atom is 0.184 e. The molecular weight excluding hydrogens is 392 g/mol. The van der Waals surface area contributed by atoms with Crippen molar-refractivity contribution in [3.05, 3.63) is 83.0 Å². The molecule has 0 aromatic heterocycles. The van der Waals surface area contributed by atoms with Gasteiger partial charge in [0.15, 0.2) is 28.8 Å². The third kappa shape index (κ3) is 5.66. The number of carbonyl (C=O) groups excluding carboxylic acids is 1. The number of ether oxygens (including phenoxy) is 2. The number of hydrogen-bond donors (Lipinski definition) is 2. The van der Waals surface area contributed by atoms with Crippen LogP contribution in [0.3, 0.4) is 0 Å². The van der Waals surface area contributed by atoms with Crippen LogP contribution in [0, 0.1) is 0 Å². The lowest BCUT2D eigenvalue weighted by Crippen LogP contribution is -2.12. The summed E-state index contributed by atoms with van der Waals surface area (Å²) < 4.78 is 10.2. The van der Waals surface area contributed by atoms with Crippen LogP contribution in [0.2, 0.25) is 0 Å². The van der Waals surface area contributed by atoms with Gasteiger partial charge in [-0.15, -0.1) is 0 Å². The first-order valence-electron chi connectivity index (χ1n) is 10.0. The van der Waals surface area contributed by atoms with Gasteiger partial charge in [-0.05, 0) is 65.8 Å². The third-order valence-electron chi connectivity index (χ3n) is 5.06. The van der Waals surface area contributed by atoms with Crippen LogP contribution in [-0.2, 0) is 4.79 Å². The summed E-state index contributed by atoms with van der Waals surface area (Å²) in [5.41, 5.74) is 3.30. The van der Waals surface area contributed by atoms with E-state index in [1.165, 1.54) is 14.2 Å². The SMILES string of the molecule is COc1cc(/C=C/C=C2/CCC/C(=C/C=C/c3ccc(O)c(OC)c3)C2=O)ccc1O. The Morgan fingerprint density at radius 2 is 1.23 bits per heavy atom. The van der Waals surface area contributed by atoms with Crippen LogP contribution in [-0.4, -0.2) is 30.2 Å². The van der Waals surface area contributed by atoms with E-state index in [-0.39, 0.29) is 17.3 Å². The van der Waals surface area contributed by atoms with Crippen molar-refractivity contribution >= 4 is 17.9 Å². The summed E-state index contributed by atoms with van der Waals surface area (Å²) in [6.07, 6.45) is 13.6. The van der Waals surface area contributed by atoms with Crippen LogP contribution in [0.5, 0.6) is 23.0 Å². The first-order valence-corrected chi connectivity index (χ1v) is 10.0. The Morgan fingerprint density at radius 3 is 1.65 bits per heavy atom. The Bertz CT molecular complexity index is 990. The molecule has 2 N–H and O–H groups in total. The largest absolute Gasteiger partial charge is 0.504 e. The van der Waals surface area contributed by atoms with Gasteiger partial charge in [-0.3, -0.25) is 4.79 Å². The van der Waals surface area contributed by atoms with Crippen molar-refractivity contribution in [2.45, 2.75) is 19.3 Å². The van der Waals surface area contributed by atoms with E-state index < -0.39 is 0 Å². The molecule has 2 aromatic rings. The minimum Gasteiger partial charge on any atom is -0.504 e. The van der Waals surface area contributed by atoms with E-state index in [4.69, 9.17) is 9.47 Å². The smallest absolute Gasteiger partial charge is 0.184 e. The Kier molecular flexibility index (Phi) is 7.33. The number of phenols is 2. The summed E-state index contributed by atoms with van der Waals surface area (Å²) in [4.78, 5) is 12.8. The molecule has 1 fully saturated rings. The van der Waals surface area contributed by atoms with Crippen LogP contribution in [0.1, 0.15) is 30.4 Å². The molecule has 0 saturated heterocycles. The van der Waals surface area contributed by atoms with Crippen molar-refractivity contribution in [2.24, 2.45) is 0 Å². The number of phenolic OH excluding ortho intramolecular Hbond substituents is 2. The van der Waals surface area contributed by atoms with Crippen molar-refractivity contribution in [2.75, 3.05) is 14.2 Å². The highest BCUT2D eigenvalue weighted by atomic mass is 16.5. The van der Waals surface area contributed by atoms with E-state index in [1.54, 1.807) is 36.4 Å². The number of carbonyl (C=O) groups is 1. The molecule has 31 heavy (non-hydrogen) atoms. The van der Waals surface area contributed by atoms with Crippen molar-refractivity contribution in [3.63, 3.8) is 0 Å². The van der Waals surface area contributed by atoms with Gasteiger partial charge in [-0.1, -0.05) is 48.6 Å². The van der Waals surface area contributed by atoms with E-state index in [9.17, 15) is 15.0 Å². The molecule has 1 aliphatic carbocycles. The highest BCUT2D eigenvalue weighted by Crippen LogP contribution is 2.29. The van der Waals surface area contributed by atoms with E-state index in [0.717, 1.165) is 41.5 Å². The van der Waals surface area contributed by atoms with Crippen molar-refractivity contribution < 1.29 is 24.5 Å². The molecule has 0 spiro atoms. The molecule has 3 rings (SSSR count). The number of methoxy groups -OCH3 is 2. The number of aromatic hydroxyl groups is 2. The fraction of sp³-hybridized carbons (Fsp3) is 0.192. The molecule has 5 heteroatoms. The Labute approximate surface area is 182 Å². The molecule has 0 aliphatic heterocycles. The quantitative estimate of drug-likeness (QED) is 0.610. The van der Waals surface area contributed by atoms with Crippen LogP contribution in [0.25, 0.3) is 12.2 Å². The average molecular weight is 418 g/mol. The fourth-order valence-electron chi connectivity index (χ4n) is 3.37. The molecule has 160 valence electrons. The zero-order chi connectivity index (χ0) is 22.2. The second-order valence-electron chi connectivity index (χ2n) is 7.15. The maximum atomic E-state index is 12.8. The zero-order valence-electron chi connectivity index (χ0n) is 17.7. The van der Waals surface area contributed by atoms with Gasteiger partial charge in [0.2, 0.25) is 0 Å². The number of Topliss-reactive ketones (excluding diaryl/α,β-unsaturated/α-hetero) is 1. The lowest BCUT2D eigenvalue weighted by Gasteiger charge is -2.15. The summed E-state index contributed by atoms with van der Waals surface area (Å²) in [7, 11) is 3.01. The predicted octanol–water partition coefficient (Wildman–Crippen LogP) is 5.45. The Morgan fingerprint density at radius 1 is 0.774 bits per heavy atom. The van der Waals surface area contributed by atoms with Gasteiger partial charge in [0.1, 0.15) is 0 Å². The number of benzene rings is 2. The third-order valence-corrected chi connectivity index (χ3v) is 5.06. The minimum atomic E-state index is 0.0622. The fourth-order valence-corrected chi connectivity index (χ4v) is 3.37. The summed E-state index contributed by atoms with van der Waals surface area (Å²) in [5, 5.41) is 19.4. The van der Waals surface area contributed by atoms with Gasteiger partial charge < -0.3 is 19.7 Å². The average Bonchev–Trinajstić information content (AvgIpc) is 2.78. The monoisotopic (exact) mass is 418 g/mol. The summed E-state index contributed by atoms with van der Waals surface area (Å²) in [5.74, 6) is 1.06. The van der Waals surface area contributed by atoms with Crippen molar-refractivity contribution in [1.29, 1.82) is 0 Å². The molecule has 0 heterocycles. The maximum absolute atomic E-state index is 12.8. The highest BCUT2D eigenvalue weighted by Gasteiger charge is 2.19. The lowest BCUT2D eigenvalue weighted by atomic mass is 9.88. The van der Waals surface area contributed by atoms with Crippen molar-refractivity contribution in [1.82, 2.24) is 0 Å². The lowest BCUT2D eigenvalue weighted by molar-refractivity contribution is -0.113. The number of ketones is 1. The Balaban J connectivity index is 1.70. The van der Waals surface area contributed by atoms with Gasteiger partial charge in [0.25, 0.3) is 0 Å². The van der Waals surface area contributed by atoms with Crippen LogP contribution < -0.4 is 9.47 Å².